The Balaban J connectivity index is 2.10. The molecule has 1 heterocycles. The number of carboxylic acids is 1. The third-order valence-corrected chi connectivity index (χ3v) is 3.67. The molecule has 0 bridgehead atoms. The van der Waals surface area contributed by atoms with Crippen LogP contribution < -0.4 is 0 Å². The number of hydrogen-bond donors (Lipinski definition) is 1. The van der Waals surface area contributed by atoms with Crippen LogP contribution in [0.5, 0.6) is 0 Å². The Morgan fingerprint density at radius 2 is 1.91 bits per heavy atom. The average molecular weight is 312 g/mol. The minimum Gasteiger partial charge on any atom is -0.478 e. The van der Waals surface area contributed by atoms with Gasteiger partial charge in [0.2, 0.25) is 5.82 Å². The maximum atomic E-state index is 14.0. The molecule has 0 amide bonds. The second-order valence-electron chi connectivity index (χ2n) is 5.14. The second-order valence-corrected chi connectivity index (χ2v) is 5.14. The van der Waals surface area contributed by atoms with Crippen molar-refractivity contribution in [2.24, 2.45) is 0 Å². The lowest BCUT2D eigenvalue weighted by Gasteiger charge is -2.04. The van der Waals surface area contributed by atoms with Crippen LogP contribution in [0.15, 0.2) is 40.9 Å². The molecule has 23 heavy (non-hydrogen) atoms. The van der Waals surface area contributed by atoms with E-state index in [0.29, 0.717) is 16.7 Å². The average Bonchev–Trinajstić information content (AvgIpc) is 2.96. The van der Waals surface area contributed by atoms with E-state index in [1.54, 1.807) is 38.1 Å². The molecular weight excluding hydrogens is 299 g/mol. The van der Waals surface area contributed by atoms with Gasteiger partial charge in [-0.2, -0.15) is 4.98 Å². The Labute approximate surface area is 131 Å². The van der Waals surface area contributed by atoms with Gasteiger partial charge in [-0.25, -0.2) is 9.18 Å². The van der Waals surface area contributed by atoms with E-state index in [9.17, 15) is 14.3 Å². The molecule has 1 N–H and O–H groups in total. The summed E-state index contributed by atoms with van der Waals surface area (Å²) >= 11 is 0. The van der Waals surface area contributed by atoms with Crippen molar-refractivity contribution < 1.29 is 18.8 Å². The molecule has 0 saturated heterocycles. The van der Waals surface area contributed by atoms with Crippen LogP contribution in [0, 0.1) is 19.7 Å². The van der Waals surface area contributed by atoms with Crippen LogP contribution in [0.3, 0.4) is 0 Å². The van der Waals surface area contributed by atoms with E-state index in [4.69, 9.17) is 4.52 Å². The van der Waals surface area contributed by atoms with E-state index in [-0.39, 0.29) is 22.8 Å². The molecule has 6 heteroatoms. The third-order valence-electron chi connectivity index (χ3n) is 3.67. The van der Waals surface area contributed by atoms with E-state index in [1.165, 1.54) is 12.1 Å². The first-order valence-corrected chi connectivity index (χ1v) is 6.91. The number of carbonyl (C=O) groups is 1. The Bertz CT molecular complexity index is 882. The van der Waals surface area contributed by atoms with Crippen molar-refractivity contribution in [3.05, 3.63) is 58.9 Å². The number of rotatable bonds is 3. The van der Waals surface area contributed by atoms with Gasteiger partial charge in [0.25, 0.3) is 5.89 Å². The van der Waals surface area contributed by atoms with E-state index < -0.39 is 11.8 Å². The lowest BCUT2D eigenvalue weighted by Crippen LogP contribution is -2.01. The first-order valence-electron chi connectivity index (χ1n) is 6.91. The molecule has 0 saturated carbocycles. The van der Waals surface area contributed by atoms with Gasteiger partial charge >= 0.3 is 5.97 Å². The smallest absolute Gasteiger partial charge is 0.335 e. The van der Waals surface area contributed by atoms with E-state index in [2.05, 4.69) is 10.1 Å². The van der Waals surface area contributed by atoms with Gasteiger partial charge in [-0.15, -0.1) is 0 Å². The summed E-state index contributed by atoms with van der Waals surface area (Å²) in [7, 11) is 0. The van der Waals surface area contributed by atoms with Gasteiger partial charge in [-0.1, -0.05) is 29.4 Å². The number of benzene rings is 2. The zero-order chi connectivity index (χ0) is 16.6. The standard InChI is InChI=1S/C17H13FN2O3/c1-9-5-3-8-13(18)14(9)16-19-15(20-23-16)11-6-4-7-12(10(11)2)17(21)22/h3-8H,1-2H3,(H,21,22). The number of carboxylic acid groups (broad SMARTS) is 1. The van der Waals surface area contributed by atoms with Crippen LogP contribution in [-0.4, -0.2) is 21.2 Å². The van der Waals surface area contributed by atoms with Crippen LogP contribution in [-0.2, 0) is 0 Å². The molecule has 0 aliphatic carbocycles. The largest absolute Gasteiger partial charge is 0.478 e. The summed E-state index contributed by atoms with van der Waals surface area (Å²) in [6.45, 7) is 3.42. The molecular formula is C17H13FN2O3. The molecule has 0 spiro atoms. The molecule has 116 valence electrons. The van der Waals surface area contributed by atoms with Crippen molar-refractivity contribution in [3.8, 4) is 22.8 Å². The van der Waals surface area contributed by atoms with Crippen LogP contribution in [0.1, 0.15) is 21.5 Å². The number of aryl methyl sites for hydroxylation is 1. The van der Waals surface area contributed by atoms with Gasteiger partial charge in [0.15, 0.2) is 0 Å². The van der Waals surface area contributed by atoms with E-state index in [1.807, 2.05) is 0 Å². The molecule has 0 atom stereocenters. The first kappa shape index (κ1) is 14.9. The van der Waals surface area contributed by atoms with Gasteiger partial charge < -0.3 is 9.63 Å². The summed E-state index contributed by atoms with van der Waals surface area (Å²) in [6, 6.07) is 9.48. The molecule has 3 rings (SSSR count). The molecule has 0 aliphatic heterocycles. The van der Waals surface area contributed by atoms with Crippen molar-refractivity contribution in [1.82, 2.24) is 10.1 Å². The quantitative estimate of drug-likeness (QED) is 0.794. The van der Waals surface area contributed by atoms with Gasteiger partial charge in [0.05, 0.1) is 11.1 Å². The number of aromatic carboxylic acids is 1. The van der Waals surface area contributed by atoms with Crippen molar-refractivity contribution in [1.29, 1.82) is 0 Å². The topological polar surface area (TPSA) is 76.2 Å². The number of aromatic nitrogens is 2. The number of nitrogens with zero attached hydrogens (tertiary/aromatic N) is 2. The summed E-state index contributed by atoms with van der Waals surface area (Å²) < 4.78 is 19.2. The summed E-state index contributed by atoms with van der Waals surface area (Å²) in [5, 5.41) is 13.0. The maximum Gasteiger partial charge on any atom is 0.335 e. The molecule has 5 nitrogen and oxygen atoms in total. The summed E-state index contributed by atoms with van der Waals surface area (Å²) in [6.07, 6.45) is 0. The predicted molar refractivity (Wildman–Crippen MR) is 81.6 cm³/mol. The lowest BCUT2D eigenvalue weighted by atomic mass is 10.0. The fourth-order valence-corrected chi connectivity index (χ4v) is 2.45. The highest BCUT2D eigenvalue weighted by atomic mass is 19.1. The maximum absolute atomic E-state index is 14.0. The van der Waals surface area contributed by atoms with Crippen LogP contribution in [0.4, 0.5) is 4.39 Å². The predicted octanol–water partition coefficient (Wildman–Crippen LogP) is 3.86. The monoisotopic (exact) mass is 312 g/mol. The zero-order valence-electron chi connectivity index (χ0n) is 12.5. The lowest BCUT2D eigenvalue weighted by molar-refractivity contribution is 0.0696. The number of halogens is 1. The van der Waals surface area contributed by atoms with Crippen molar-refractivity contribution >= 4 is 5.97 Å². The van der Waals surface area contributed by atoms with Crippen molar-refractivity contribution in [2.45, 2.75) is 13.8 Å². The molecule has 0 radical (unpaired) electrons. The third kappa shape index (κ3) is 2.59. The van der Waals surface area contributed by atoms with Crippen LogP contribution >= 0.6 is 0 Å². The van der Waals surface area contributed by atoms with Gasteiger partial charge in [-0.3, -0.25) is 0 Å². The molecule has 2 aromatic carbocycles. The molecule has 0 aliphatic rings. The van der Waals surface area contributed by atoms with Gasteiger partial charge in [-0.05, 0) is 37.1 Å². The fraction of sp³-hybridized carbons (Fsp3) is 0.118. The minimum atomic E-state index is -1.03. The summed E-state index contributed by atoms with van der Waals surface area (Å²) in [5.74, 6) is -1.19. The SMILES string of the molecule is Cc1cccc(F)c1-c1nc(-c2cccc(C(=O)O)c2C)no1. The van der Waals surface area contributed by atoms with E-state index in [0.717, 1.165) is 0 Å². The Morgan fingerprint density at radius 3 is 2.61 bits per heavy atom. The van der Waals surface area contributed by atoms with Gasteiger partial charge in [0.1, 0.15) is 5.82 Å². The molecule has 0 fully saturated rings. The van der Waals surface area contributed by atoms with Crippen molar-refractivity contribution in [2.75, 3.05) is 0 Å². The zero-order valence-corrected chi connectivity index (χ0v) is 12.5. The van der Waals surface area contributed by atoms with E-state index >= 15 is 0 Å². The Hall–Kier alpha value is -3.02. The minimum absolute atomic E-state index is 0.0655. The Morgan fingerprint density at radius 1 is 1.17 bits per heavy atom. The fourth-order valence-electron chi connectivity index (χ4n) is 2.45. The molecule has 0 unspecified atom stereocenters. The molecule has 1 aromatic heterocycles. The highest BCUT2D eigenvalue weighted by Gasteiger charge is 2.19. The van der Waals surface area contributed by atoms with Crippen LogP contribution in [0.2, 0.25) is 0 Å². The highest BCUT2D eigenvalue weighted by molar-refractivity contribution is 5.91. The molecule has 3 aromatic rings. The second kappa shape index (κ2) is 5.64. The summed E-state index contributed by atoms with van der Waals surface area (Å²) in [4.78, 5) is 15.4. The first-order chi connectivity index (χ1) is 11.0. The number of hydrogen-bond acceptors (Lipinski definition) is 4. The summed E-state index contributed by atoms with van der Waals surface area (Å²) in [5.41, 5.74) is 2.15. The normalized spacial score (nSPS) is 10.7. The Kier molecular flexibility index (Phi) is 3.65. The van der Waals surface area contributed by atoms with Crippen molar-refractivity contribution in [3.63, 3.8) is 0 Å². The van der Waals surface area contributed by atoms with Gasteiger partial charge in [0, 0.05) is 5.56 Å². The highest BCUT2D eigenvalue weighted by Crippen LogP contribution is 2.29. The van der Waals surface area contributed by atoms with Crippen LogP contribution in [0.25, 0.3) is 22.8 Å².